The summed E-state index contributed by atoms with van der Waals surface area (Å²) < 4.78 is 0.821. The first-order valence-corrected chi connectivity index (χ1v) is 9.32. The Balaban J connectivity index is 0.00000225. The van der Waals surface area contributed by atoms with E-state index in [2.05, 4.69) is 48.2 Å². The maximum Gasteiger partial charge on any atom is 0.147 e. The summed E-state index contributed by atoms with van der Waals surface area (Å²) in [5, 5.41) is 9.85. The van der Waals surface area contributed by atoms with E-state index < -0.39 is 0 Å². The number of quaternary nitrogens is 1. The molecule has 0 spiro atoms. The lowest BCUT2D eigenvalue weighted by molar-refractivity contribution is -0.890. The third kappa shape index (κ3) is 4.80. The molecule has 0 atom stereocenters. The maximum atomic E-state index is 9.18. The number of hydrogen-bond acceptors (Lipinski definition) is 4. The molecule has 1 aliphatic rings. The Kier molecular flexibility index (Phi) is 7.00. The summed E-state index contributed by atoms with van der Waals surface area (Å²) in [5.41, 5.74) is 1.21. The third-order valence-corrected chi connectivity index (χ3v) is 5.57. The lowest BCUT2D eigenvalue weighted by Gasteiger charge is -2.33. The zero-order chi connectivity index (χ0) is 17.2. The molecule has 136 valence electrons. The quantitative estimate of drug-likeness (QED) is 0.728. The minimum absolute atomic E-state index is 0. The van der Waals surface area contributed by atoms with Gasteiger partial charge < -0.3 is 26.9 Å². The Morgan fingerprint density at radius 2 is 1.96 bits per heavy atom. The average Bonchev–Trinajstić information content (AvgIpc) is 2.53. The largest absolute Gasteiger partial charge is 1.00 e. The van der Waals surface area contributed by atoms with E-state index in [0.717, 1.165) is 41.3 Å². The number of nitrogens with zero attached hydrogens (tertiary/aromatic N) is 3. The number of benzene rings is 1. The van der Waals surface area contributed by atoms with Gasteiger partial charge in [-0.3, -0.25) is 0 Å². The van der Waals surface area contributed by atoms with Crippen molar-refractivity contribution >= 4 is 34.9 Å². The lowest BCUT2D eigenvalue weighted by atomic mass is 10.2. The molecule has 1 aliphatic heterocycles. The summed E-state index contributed by atoms with van der Waals surface area (Å²) in [4.78, 5) is 9.20. The van der Waals surface area contributed by atoms with E-state index in [1.807, 2.05) is 6.07 Å². The van der Waals surface area contributed by atoms with Crippen LogP contribution in [0.1, 0.15) is 6.42 Å². The number of hydrogen-bond donors (Lipinski definition) is 1. The van der Waals surface area contributed by atoms with Gasteiger partial charge in [0.1, 0.15) is 12.4 Å². The smallest absolute Gasteiger partial charge is 0.147 e. The van der Waals surface area contributed by atoms with E-state index in [1.165, 1.54) is 10.6 Å². The number of aromatic nitrogens is 1. The van der Waals surface area contributed by atoms with Crippen molar-refractivity contribution in [3.8, 4) is 0 Å². The second-order valence-corrected chi connectivity index (χ2v) is 8.18. The van der Waals surface area contributed by atoms with Crippen LogP contribution in [0.15, 0.2) is 46.3 Å². The SMILES string of the molecule is C[N+](C)(CCO)CCCN1c2ccccc2Sc2cc(Cl)cnc21.[Cl-]. The monoisotopic (exact) mass is 399 g/mol. The first-order chi connectivity index (χ1) is 11.5. The number of para-hydroxylation sites is 1. The van der Waals surface area contributed by atoms with Crippen LogP contribution in [-0.4, -0.2) is 54.9 Å². The van der Waals surface area contributed by atoms with Gasteiger partial charge in [-0.2, -0.15) is 0 Å². The first-order valence-electron chi connectivity index (χ1n) is 8.13. The van der Waals surface area contributed by atoms with E-state index in [9.17, 15) is 5.11 Å². The number of halogens is 2. The lowest BCUT2D eigenvalue weighted by Crippen LogP contribution is -3.00. The van der Waals surface area contributed by atoms with Gasteiger partial charge in [0, 0.05) is 24.1 Å². The standard InChI is InChI=1S/C18H23ClN3OS.ClH/c1-22(2,10-11-23)9-5-8-21-15-6-3-4-7-16(15)24-17-12-14(19)13-20-18(17)21;/h3-4,6-7,12-13,23H,5,8-11H2,1-2H3;1H/q+1;/p-1. The normalized spacial score (nSPS) is 13.0. The molecule has 0 bridgehead atoms. The van der Waals surface area contributed by atoms with E-state index in [4.69, 9.17) is 11.6 Å². The Hall–Kier alpha value is -0.980. The van der Waals surface area contributed by atoms with Crippen molar-refractivity contribution in [1.82, 2.24) is 4.98 Å². The van der Waals surface area contributed by atoms with Crippen LogP contribution < -0.4 is 17.3 Å². The number of anilines is 2. The number of aliphatic hydroxyl groups is 1. The fourth-order valence-electron chi connectivity index (χ4n) is 2.96. The van der Waals surface area contributed by atoms with E-state index in [-0.39, 0.29) is 19.0 Å². The van der Waals surface area contributed by atoms with Crippen LogP contribution in [0.4, 0.5) is 11.5 Å². The molecule has 0 unspecified atom stereocenters. The fraction of sp³-hybridized carbons (Fsp3) is 0.389. The van der Waals surface area contributed by atoms with Gasteiger partial charge in [0.2, 0.25) is 0 Å². The molecule has 1 N–H and O–H groups in total. The predicted molar refractivity (Wildman–Crippen MR) is 100 cm³/mol. The molecule has 0 saturated carbocycles. The van der Waals surface area contributed by atoms with Crippen LogP contribution >= 0.6 is 23.4 Å². The topological polar surface area (TPSA) is 36.4 Å². The molecule has 1 aromatic carbocycles. The third-order valence-electron chi connectivity index (χ3n) is 4.28. The van der Waals surface area contributed by atoms with Crippen molar-refractivity contribution in [3.63, 3.8) is 0 Å². The van der Waals surface area contributed by atoms with Gasteiger partial charge in [0.05, 0.1) is 42.9 Å². The molecule has 3 rings (SSSR count). The maximum absolute atomic E-state index is 9.18. The van der Waals surface area contributed by atoms with Gasteiger partial charge in [-0.15, -0.1) is 0 Å². The van der Waals surface area contributed by atoms with Crippen LogP contribution in [0.25, 0.3) is 0 Å². The van der Waals surface area contributed by atoms with E-state index in [0.29, 0.717) is 5.02 Å². The molecule has 0 radical (unpaired) electrons. The predicted octanol–water partition coefficient (Wildman–Crippen LogP) is 0.800. The number of aliphatic hydroxyl groups excluding tert-OH is 1. The zero-order valence-electron chi connectivity index (χ0n) is 14.5. The van der Waals surface area contributed by atoms with Crippen molar-refractivity contribution < 1.29 is 22.0 Å². The minimum Gasteiger partial charge on any atom is -1.00 e. The van der Waals surface area contributed by atoms with Gasteiger partial charge in [-0.1, -0.05) is 35.5 Å². The summed E-state index contributed by atoms with van der Waals surface area (Å²) in [7, 11) is 4.31. The van der Waals surface area contributed by atoms with Crippen molar-refractivity contribution in [2.45, 2.75) is 16.2 Å². The van der Waals surface area contributed by atoms with E-state index in [1.54, 1.807) is 18.0 Å². The Morgan fingerprint density at radius 1 is 1.20 bits per heavy atom. The molecular formula is C18H23Cl2N3OS. The van der Waals surface area contributed by atoms with Crippen molar-refractivity contribution in [2.75, 3.05) is 45.2 Å². The summed E-state index contributed by atoms with van der Waals surface area (Å²) in [6.45, 7) is 2.90. The van der Waals surface area contributed by atoms with Gasteiger partial charge in [0.25, 0.3) is 0 Å². The second kappa shape index (κ2) is 8.60. The highest BCUT2D eigenvalue weighted by atomic mass is 35.5. The van der Waals surface area contributed by atoms with Crippen LogP contribution in [0.3, 0.4) is 0 Å². The fourth-order valence-corrected chi connectivity index (χ4v) is 4.29. The molecular weight excluding hydrogens is 377 g/mol. The van der Waals surface area contributed by atoms with Crippen LogP contribution in [-0.2, 0) is 0 Å². The van der Waals surface area contributed by atoms with Gasteiger partial charge in [0.15, 0.2) is 0 Å². The number of rotatable bonds is 6. The molecule has 2 aromatic rings. The molecule has 4 nitrogen and oxygen atoms in total. The summed E-state index contributed by atoms with van der Waals surface area (Å²) in [6.07, 6.45) is 2.74. The van der Waals surface area contributed by atoms with Gasteiger partial charge in [-0.25, -0.2) is 4.98 Å². The molecule has 7 heteroatoms. The Labute approximate surface area is 164 Å². The average molecular weight is 400 g/mol. The number of likely N-dealkylation sites (N-methyl/N-ethyl adjacent to an activating group) is 1. The molecule has 0 fully saturated rings. The molecule has 25 heavy (non-hydrogen) atoms. The molecule has 0 saturated heterocycles. The summed E-state index contributed by atoms with van der Waals surface area (Å²) >= 11 is 7.85. The summed E-state index contributed by atoms with van der Waals surface area (Å²) in [6, 6.07) is 10.4. The zero-order valence-corrected chi connectivity index (χ0v) is 16.8. The molecule has 0 amide bonds. The molecule has 0 aliphatic carbocycles. The Morgan fingerprint density at radius 3 is 2.72 bits per heavy atom. The van der Waals surface area contributed by atoms with Crippen LogP contribution in [0, 0.1) is 0 Å². The van der Waals surface area contributed by atoms with Gasteiger partial charge >= 0.3 is 0 Å². The van der Waals surface area contributed by atoms with Crippen molar-refractivity contribution in [3.05, 3.63) is 41.6 Å². The molecule has 2 heterocycles. The van der Waals surface area contributed by atoms with Crippen LogP contribution in [0.2, 0.25) is 5.02 Å². The van der Waals surface area contributed by atoms with Crippen molar-refractivity contribution in [2.24, 2.45) is 0 Å². The Bertz CT molecular complexity index is 727. The van der Waals surface area contributed by atoms with Crippen molar-refractivity contribution in [1.29, 1.82) is 0 Å². The van der Waals surface area contributed by atoms with Gasteiger partial charge in [-0.05, 0) is 18.2 Å². The number of fused-ring (bicyclic) bond motifs is 2. The minimum atomic E-state index is 0. The van der Waals surface area contributed by atoms with E-state index >= 15 is 0 Å². The summed E-state index contributed by atoms with van der Waals surface area (Å²) in [5.74, 6) is 0.982. The highest BCUT2D eigenvalue weighted by Gasteiger charge is 2.25. The molecule has 1 aromatic heterocycles. The highest BCUT2D eigenvalue weighted by molar-refractivity contribution is 7.99. The first kappa shape index (κ1) is 20.3. The second-order valence-electron chi connectivity index (χ2n) is 6.66. The van der Waals surface area contributed by atoms with Crippen LogP contribution in [0.5, 0.6) is 0 Å². The number of pyridine rings is 1. The highest BCUT2D eigenvalue weighted by Crippen LogP contribution is 2.47.